The first kappa shape index (κ1) is 16.9. The van der Waals surface area contributed by atoms with Gasteiger partial charge in [0.15, 0.2) is 0 Å². The molecule has 8 heteroatoms. The molecule has 0 spiro atoms. The molecule has 0 aliphatic rings. The number of nitrogens with one attached hydrogen (secondary N) is 2. The van der Waals surface area contributed by atoms with E-state index in [0.717, 1.165) is 16.8 Å². The number of aryl methyl sites for hydroxylation is 1. The molecular formula is C17H17ClN6O. The summed E-state index contributed by atoms with van der Waals surface area (Å²) in [5.74, 6) is 0. The number of carbonyl (C=O) groups is 1. The minimum atomic E-state index is -0.304. The molecule has 1 aromatic heterocycles. The van der Waals surface area contributed by atoms with Crippen LogP contribution in [0.5, 0.6) is 0 Å². The van der Waals surface area contributed by atoms with Crippen molar-refractivity contribution in [2.75, 3.05) is 5.32 Å². The zero-order chi connectivity index (χ0) is 17.8. The number of aromatic nitrogens is 4. The van der Waals surface area contributed by atoms with Gasteiger partial charge in [-0.15, -0.1) is 5.10 Å². The van der Waals surface area contributed by atoms with E-state index in [2.05, 4.69) is 26.2 Å². The normalized spacial score (nSPS) is 11.8. The molecular weight excluding hydrogens is 340 g/mol. The van der Waals surface area contributed by atoms with E-state index in [1.807, 2.05) is 44.2 Å². The fourth-order valence-electron chi connectivity index (χ4n) is 2.53. The largest absolute Gasteiger partial charge is 0.331 e. The van der Waals surface area contributed by atoms with Crippen molar-refractivity contribution in [2.24, 2.45) is 0 Å². The Bertz CT molecular complexity index is 881. The van der Waals surface area contributed by atoms with Crippen LogP contribution >= 0.6 is 11.6 Å². The Morgan fingerprint density at radius 3 is 2.72 bits per heavy atom. The zero-order valence-corrected chi connectivity index (χ0v) is 14.5. The van der Waals surface area contributed by atoms with E-state index in [4.69, 9.17) is 11.6 Å². The van der Waals surface area contributed by atoms with Crippen molar-refractivity contribution in [1.29, 1.82) is 0 Å². The molecule has 7 nitrogen and oxygen atoms in total. The number of carbonyl (C=O) groups excluding carboxylic acids is 1. The van der Waals surface area contributed by atoms with Gasteiger partial charge in [-0.25, -0.2) is 9.48 Å². The predicted octanol–water partition coefficient (Wildman–Crippen LogP) is 3.51. The summed E-state index contributed by atoms with van der Waals surface area (Å²) in [7, 11) is 0. The summed E-state index contributed by atoms with van der Waals surface area (Å²) in [5, 5.41) is 17.4. The summed E-state index contributed by atoms with van der Waals surface area (Å²) in [6.07, 6.45) is 1.52. The second kappa shape index (κ2) is 7.31. The third-order valence-corrected chi connectivity index (χ3v) is 4.11. The lowest BCUT2D eigenvalue weighted by atomic mass is 10.1. The second-order valence-corrected chi connectivity index (χ2v) is 6.00. The first-order valence-corrected chi connectivity index (χ1v) is 8.08. The number of anilines is 1. The fourth-order valence-corrected chi connectivity index (χ4v) is 2.83. The highest BCUT2D eigenvalue weighted by Crippen LogP contribution is 2.22. The van der Waals surface area contributed by atoms with Crippen LogP contribution in [0.15, 0.2) is 48.8 Å². The van der Waals surface area contributed by atoms with E-state index in [0.29, 0.717) is 10.7 Å². The Balaban J connectivity index is 1.67. The van der Waals surface area contributed by atoms with Crippen molar-refractivity contribution >= 4 is 23.3 Å². The van der Waals surface area contributed by atoms with E-state index in [1.54, 1.807) is 16.8 Å². The van der Waals surface area contributed by atoms with Crippen LogP contribution in [-0.2, 0) is 0 Å². The highest BCUT2D eigenvalue weighted by atomic mass is 35.5. The average molecular weight is 357 g/mol. The number of hydrogen-bond acceptors (Lipinski definition) is 4. The summed E-state index contributed by atoms with van der Waals surface area (Å²) >= 11 is 6.16. The molecule has 1 atom stereocenters. The lowest BCUT2D eigenvalue weighted by Crippen LogP contribution is -2.31. The minimum Gasteiger partial charge on any atom is -0.331 e. The van der Waals surface area contributed by atoms with Crippen molar-refractivity contribution in [3.05, 3.63) is 64.9 Å². The SMILES string of the molecule is Cc1cc(NC(=O)N[C@@H](C)c2ccccc2Cl)ccc1-n1cnnn1. The highest BCUT2D eigenvalue weighted by molar-refractivity contribution is 6.31. The van der Waals surface area contributed by atoms with E-state index >= 15 is 0 Å². The van der Waals surface area contributed by atoms with Crippen molar-refractivity contribution in [3.63, 3.8) is 0 Å². The Morgan fingerprint density at radius 1 is 1.24 bits per heavy atom. The van der Waals surface area contributed by atoms with Crippen LogP contribution in [0.1, 0.15) is 24.1 Å². The van der Waals surface area contributed by atoms with E-state index in [9.17, 15) is 4.79 Å². The Hall–Kier alpha value is -2.93. The number of nitrogens with zero attached hydrogens (tertiary/aromatic N) is 4. The lowest BCUT2D eigenvalue weighted by molar-refractivity contribution is 0.249. The fraction of sp³-hybridized carbons (Fsp3) is 0.176. The lowest BCUT2D eigenvalue weighted by Gasteiger charge is -2.16. The van der Waals surface area contributed by atoms with Crippen LogP contribution < -0.4 is 10.6 Å². The van der Waals surface area contributed by atoms with Crippen LogP contribution in [0.2, 0.25) is 5.02 Å². The zero-order valence-electron chi connectivity index (χ0n) is 13.8. The molecule has 0 aliphatic heterocycles. The maximum Gasteiger partial charge on any atom is 0.319 e. The van der Waals surface area contributed by atoms with Crippen LogP contribution in [-0.4, -0.2) is 26.2 Å². The molecule has 2 amide bonds. The molecule has 0 bridgehead atoms. The molecule has 1 heterocycles. The summed E-state index contributed by atoms with van der Waals surface area (Å²) in [4.78, 5) is 12.2. The molecule has 2 N–H and O–H groups in total. The topological polar surface area (TPSA) is 84.7 Å². The molecule has 0 unspecified atom stereocenters. The molecule has 3 aromatic rings. The van der Waals surface area contributed by atoms with Crippen LogP contribution in [0.25, 0.3) is 5.69 Å². The van der Waals surface area contributed by atoms with Gasteiger partial charge in [0.1, 0.15) is 6.33 Å². The number of rotatable bonds is 4. The van der Waals surface area contributed by atoms with Gasteiger partial charge >= 0.3 is 6.03 Å². The van der Waals surface area contributed by atoms with Crippen LogP contribution in [0.3, 0.4) is 0 Å². The highest BCUT2D eigenvalue weighted by Gasteiger charge is 2.13. The van der Waals surface area contributed by atoms with Crippen molar-refractivity contribution < 1.29 is 4.79 Å². The molecule has 2 aromatic carbocycles. The number of tetrazole rings is 1. The first-order chi connectivity index (χ1) is 12.0. The number of hydrogen-bond donors (Lipinski definition) is 2. The Labute approximate surface area is 150 Å². The molecule has 128 valence electrons. The van der Waals surface area contributed by atoms with Crippen molar-refractivity contribution in [3.8, 4) is 5.69 Å². The van der Waals surface area contributed by atoms with Gasteiger partial charge < -0.3 is 10.6 Å². The maximum absolute atomic E-state index is 12.2. The number of benzene rings is 2. The van der Waals surface area contributed by atoms with Gasteiger partial charge in [0.05, 0.1) is 11.7 Å². The van der Waals surface area contributed by atoms with Gasteiger partial charge in [0.2, 0.25) is 0 Å². The number of amides is 2. The van der Waals surface area contributed by atoms with E-state index in [-0.39, 0.29) is 12.1 Å². The van der Waals surface area contributed by atoms with Crippen LogP contribution in [0.4, 0.5) is 10.5 Å². The van der Waals surface area contributed by atoms with E-state index in [1.165, 1.54) is 6.33 Å². The quantitative estimate of drug-likeness (QED) is 0.749. The summed E-state index contributed by atoms with van der Waals surface area (Å²) in [6, 6.07) is 12.4. The molecule has 3 rings (SSSR count). The first-order valence-electron chi connectivity index (χ1n) is 7.70. The van der Waals surface area contributed by atoms with Crippen molar-refractivity contribution in [2.45, 2.75) is 19.9 Å². The average Bonchev–Trinajstić information content (AvgIpc) is 3.09. The third-order valence-electron chi connectivity index (χ3n) is 3.77. The second-order valence-electron chi connectivity index (χ2n) is 5.60. The molecule has 0 aliphatic carbocycles. The van der Waals surface area contributed by atoms with Gasteiger partial charge in [-0.2, -0.15) is 0 Å². The maximum atomic E-state index is 12.2. The molecule has 0 fully saturated rings. The summed E-state index contributed by atoms with van der Waals surface area (Å²) < 4.78 is 1.57. The Morgan fingerprint density at radius 2 is 2.04 bits per heavy atom. The molecule has 0 saturated carbocycles. The van der Waals surface area contributed by atoms with Crippen LogP contribution in [0, 0.1) is 6.92 Å². The number of urea groups is 1. The van der Waals surface area contributed by atoms with Gasteiger partial charge in [-0.1, -0.05) is 29.8 Å². The standard InChI is InChI=1S/C17H17ClN6O/c1-11-9-13(7-8-16(11)24-10-19-22-23-24)21-17(25)20-12(2)14-5-3-4-6-15(14)18/h3-10,12H,1-2H3,(H2,20,21,25)/t12-/m0/s1. The van der Waals surface area contributed by atoms with Gasteiger partial charge in [0, 0.05) is 10.7 Å². The summed E-state index contributed by atoms with van der Waals surface area (Å²) in [6.45, 7) is 3.80. The van der Waals surface area contributed by atoms with Crippen molar-refractivity contribution in [1.82, 2.24) is 25.5 Å². The molecule has 0 radical (unpaired) electrons. The Kier molecular flexibility index (Phi) is 4.95. The monoisotopic (exact) mass is 356 g/mol. The van der Waals surface area contributed by atoms with E-state index < -0.39 is 0 Å². The number of halogens is 1. The predicted molar refractivity (Wildman–Crippen MR) is 95.9 cm³/mol. The minimum absolute atomic E-state index is 0.213. The third kappa shape index (κ3) is 3.95. The summed E-state index contributed by atoms with van der Waals surface area (Å²) in [5.41, 5.74) is 3.33. The molecule has 0 saturated heterocycles. The van der Waals surface area contributed by atoms with Gasteiger partial charge in [-0.3, -0.25) is 0 Å². The van der Waals surface area contributed by atoms with Gasteiger partial charge in [0.25, 0.3) is 0 Å². The molecule has 25 heavy (non-hydrogen) atoms. The van der Waals surface area contributed by atoms with Gasteiger partial charge in [-0.05, 0) is 59.7 Å². The smallest absolute Gasteiger partial charge is 0.319 e.